The molecule has 0 amide bonds. The predicted octanol–water partition coefficient (Wildman–Crippen LogP) is 13.9. The molecular formula is C58H54Cl2O6S2. The van der Waals surface area contributed by atoms with Gasteiger partial charge in [-0.1, -0.05) is 35.9 Å². The van der Waals surface area contributed by atoms with E-state index in [0.717, 1.165) is 72.7 Å². The fourth-order valence-corrected chi connectivity index (χ4v) is 21.7. The number of fused-ring (bicyclic) bond motifs is 4. The summed E-state index contributed by atoms with van der Waals surface area (Å²) in [6.07, 6.45) is 17.2. The molecule has 0 heterocycles. The molecule has 68 heavy (non-hydrogen) atoms. The topological polar surface area (TPSA) is 86.7 Å². The third-order valence-corrected chi connectivity index (χ3v) is 27.8. The molecule has 0 saturated heterocycles. The molecule has 348 valence electrons. The predicted molar refractivity (Wildman–Crippen MR) is 269 cm³/mol. The highest BCUT2D eigenvalue weighted by molar-refractivity contribution is 8.29. The van der Waals surface area contributed by atoms with Crippen molar-refractivity contribution in [2.75, 3.05) is 14.2 Å². The molecule has 6 nitrogen and oxygen atoms in total. The van der Waals surface area contributed by atoms with Gasteiger partial charge in [-0.2, -0.15) is 0 Å². The molecule has 1 saturated carbocycles. The Kier molecular flexibility index (Phi) is 7.80. The molecule has 17 rings (SSSR count). The Morgan fingerprint density at radius 3 is 1.49 bits per heavy atom. The van der Waals surface area contributed by atoms with Crippen molar-refractivity contribution in [3.8, 4) is 11.5 Å². The molecule has 8 bridgehead atoms. The summed E-state index contributed by atoms with van der Waals surface area (Å²) in [6.45, 7) is 1.83. The van der Waals surface area contributed by atoms with Crippen LogP contribution in [0.15, 0.2) is 65.8 Å². The molecule has 0 radical (unpaired) electrons. The third-order valence-electron chi connectivity index (χ3n) is 21.3. The zero-order valence-electron chi connectivity index (χ0n) is 38.8. The highest BCUT2D eigenvalue weighted by Crippen LogP contribution is 2.79. The molecule has 12 unspecified atom stereocenters. The van der Waals surface area contributed by atoms with Crippen molar-refractivity contribution in [1.29, 1.82) is 0 Å². The Morgan fingerprint density at radius 1 is 0.500 bits per heavy atom. The molecule has 0 aliphatic heterocycles. The number of benzene rings is 5. The Morgan fingerprint density at radius 2 is 0.956 bits per heavy atom. The minimum absolute atomic E-state index is 0.207. The fraction of sp³-hybridized carbons (Fsp3) is 0.483. The first-order chi connectivity index (χ1) is 32.7. The lowest BCUT2D eigenvalue weighted by atomic mass is 9.63. The lowest BCUT2D eigenvalue weighted by molar-refractivity contribution is 0.236. The SMILES string of the molecule is CC(C)(S(=O)(=O)Cl)S(=O)(=O)Cl.COc1ccc(C(c2ccc(OC)cc2)C2c3c4c5c6c7c8c9c%10c%11c%12c(c2c%10c37)C2C3=CC7=C4C4CCC7C3CCC2C%12CCC%11C9CCC8C6CCC54)cc1. The van der Waals surface area contributed by atoms with E-state index in [4.69, 9.17) is 30.8 Å². The van der Waals surface area contributed by atoms with E-state index < -0.39 is 22.2 Å². The van der Waals surface area contributed by atoms with E-state index in [9.17, 15) is 16.8 Å². The second-order valence-corrected chi connectivity index (χ2v) is 29.9. The van der Waals surface area contributed by atoms with Gasteiger partial charge in [0.25, 0.3) is 18.1 Å². The minimum atomic E-state index is -4.21. The summed E-state index contributed by atoms with van der Waals surface area (Å²) in [7, 11) is 4.85. The number of ether oxygens (including phenoxy) is 2. The highest BCUT2D eigenvalue weighted by atomic mass is 35.7. The maximum absolute atomic E-state index is 10.6. The normalized spacial score (nSPS) is 33.2. The highest BCUT2D eigenvalue weighted by Gasteiger charge is 2.63. The Labute approximate surface area is 407 Å². The van der Waals surface area contributed by atoms with Gasteiger partial charge in [0.15, 0.2) is 4.08 Å². The molecule has 12 aliphatic carbocycles. The van der Waals surface area contributed by atoms with E-state index in [1.807, 2.05) is 91.8 Å². The summed E-state index contributed by atoms with van der Waals surface area (Å²) in [5, 5.41) is 7.26. The van der Waals surface area contributed by atoms with Crippen LogP contribution in [0, 0.1) is 23.7 Å². The van der Waals surface area contributed by atoms with Crippen LogP contribution >= 0.6 is 21.4 Å². The average Bonchev–Trinajstić information content (AvgIpc) is 4.16. The largest absolute Gasteiger partial charge is 0.497 e. The van der Waals surface area contributed by atoms with Crippen LogP contribution in [-0.4, -0.2) is 35.1 Å². The minimum Gasteiger partial charge on any atom is -0.497 e. The van der Waals surface area contributed by atoms with Crippen molar-refractivity contribution in [3.05, 3.63) is 133 Å². The van der Waals surface area contributed by atoms with Gasteiger partial charge in [0.2, 0.25) is 0 Å². The van der Waals surface area contributed by atoms with Crippen LogP contribution in [0.3, 0.4) is 0 Å². The maximum atomic E-state index is 10.6. The second kappa shape index (κ2) is 13.0. The van der Waals surface area contributed by atoms with Gasteiger partial charge in [-0.05, 0) is 261 Å². The number of allylic oxidation sites excluding steroid dienone is 4. The van der Waals surface area contributed by atoms with Gasteiger partial charge in [-0.25, -0.2) is 16.8 Å². The van der Waals surface area contributed by atoms with E-state index in [1.54, 1.807) is 16.3 Å². The first-order valence-corrected chi connectivity index (χ1v) is 30.2. The summed E-state index contributed by atoms with van der Waals surface area (Å²) in [5.41, 5.74) is 27.4. The van der Waals surface area contributed by atoms with E-state index in [1.165, 1.54) is 75.3 Å². The molecule has 10 heteroatoms. The van der Waals surface area contributed by atoms with E-state index in [0.29, 0.717) is 23.7 Å². The van der Waals surface area contributed by atoms with Crippen LogP contribution in [0.2, 0.25) is 0 Å². The molecule has 1 fully saturated rings. The first kappa shape index (κ1) is 40.9. The monoisotopic (exact) mass is 980 g/mol. The van der Waals surface area contributed by atoms with E-state index in [2.05, 4.69) is 54.6 Å². The van der Waals surface area contributed by atoms with Crippen LogP contribution in [0.25, 0.3) is 27.1 Å². The average molecular weight is 982 g/mol. The maximum Gasteiger partial charge on any atom is 0.253 e. The summed E-state index contributed by atoms with van der Waals surface area (Å²) in [4.78, 5) is 0. The van der Waals surface area contributed by atoms with Crippen LogP contribution in [0.1, 0.15) is 198 Å². The summed E-state index contributed by atoms with van der Waals surface area (Å²) >= 11 is 0. The van der Waals surface area contributed by atoms with Gasteiger partial charge in [-0.15, -0.1) is 0 Å². The molecule has 0 aromatic heterocycles. The van der Waals surface area contributed by atoms with E-state index in [-0.39, 0.29) is 5.92 Å². The van der Waals surface area contributed by atoms with Gasteiger partial charge in [0.05, 0.1) is 14.2 Å². The van der Waals surface area contributed by atoms with Gasteiger partial charge in [0, 0.05) is 39.1 Å². The van der Waals surface area contributed by atoms with Crippen molar-refractivity contribution in [1.82, 2.24) is 0 Å². The van der Waals surface area contributed by atoms with Crippen molar-refractivity contribution in [2.24, 2.45) is 23.7 Å². The number of methoxy groups -OCH3 is 2. The number of halogens is 2. The van der Waals surface area contributed by atoms with Crippen LogP contribution < -0.4 is 9.47 Å². The van der Waals surface area contributed by atoms with Gasteiger partial charge in [-0.3, -0.25) is 0 Å². The number of hydrogen-bond acceptors (Lipinski definition) is 6. The Balaban J connectivity index is 0.000000333. The van der Waals surface area contributed by atoms with Crippen LogP contribution in [0.4, 0.5) is 0 Å². The first-order valence-electron chi connectivity index (χ1n) is 25.6. The lowest BCUT2D eigenvalue weighted by Crippen LogP contribution is -2.34. The fourth-order valence-electron chi connectivity index (χ4n) is 19.0. The molecule has 0 N–H and O–H groups in total. The van der Waals surface area contributed by atoms with Crippen molar-refractivity contribution >= 4 is 66.6 Å². The van der Waals surface area contributed by atoms with Crippen LogP contribution in [0.5, 0.6) is 11.5 Å². The standard InChI is InChI=1S/C55H48O2.C3H6Cl2O4S2/c1-56-24-7-3-22(4-8-24)38(23-5-9-25(57-2)10-6-23)47-52-48-39-28-13-11-26-27-12-14-29-31-16-18-33-35-20-19-34-32-17-15-30(28)41(48)43(32)50-45(34)46(35)51-44(33)42(31)49(53(47)55(51)54(50)52)40(29)37(27)21-36(26)39;1-3(2,10(4,6)7)11(5,8)9/h3-10,21,26-35,38-39,47H,11-20H2,1-2H3;1-2H3. The van der Waals surface area contributed by atoms with Gasteiger partial charge in [0.1, 0.15) is 11.5 Å². The van der Waals surface area contributed by atoms with E-state index >= 15 is 0 Å². The molecule has 5 aromatic carbocycles. The summed E-state index contributed by atoms with van der Waals surface area (Å²) < 4.78 is 51.9. The lowest BCUT2D eigenvalue weighted by Gasteiger charge is -2.41. The zero-order chi connectivity index (χ0) is 46.0. The smallest absolute Gasteiger partial charge is 0.253 e. The van der Waals surface area contributed by atoms with Crippen molar-refractivity contribution < 1.29 is 26.3 Å². The molecule has 5 aromatic rings. The zero-order valence-corrected chi connectivity index (χ0v) is 41.9. The van der Waals surface area contributed by atoms with Crippen molar-refractivity contribution in [3.63, 3.8) is 0 Å². The van der Waals surface area contributed by atoms with Crippen LogP contribution in [-0.2, 0) is 18.1 Å². The number of hydrogen-bond donors (Lipinski definition) is 0. The quantitative estimate of drug-likeness (QED) is 0.119. The molecular weight excluding hydrogens is 928 g/mol. The molecule has 12 atom stereocenters. The van der Waals surface area contributed by atoms with Crippen molar-refractivity contribution in [2.45, 2.75) is 135 Å². The summed E-state index contributed by atoms with van der Waals surface area (Å²) in [6, 6.07) is 18.7. The second-order valence-electron chi connectivity index (χ2n) is 23.4. The Hall–Kier alpha value is -3.82. The van der Waals surface area contributed by atoms with Gasteiger partial charge >= 0.3 is 0 Å². The van der Waals surface area contributed by atoms with Gasteiger partial charge < -0.3 is 9.47 Å². The number of rotatable bonds is 7. The summed E-state index contributed by atoms with van der Waals surface area (Å²) in [5.74, 6) is 10.5. The third kappa shape index (κ3) is 4.51. The molecule has 12 aliphatic rings. The Bertz CT molecular complexity index is 3470. The molecule has 0 spiro atoms.